The van der Waals surface area contributed by atoms with Gasteiger partial charge in [-0.25, -0.2) is 15.0 Å². The number of anilines is 1. The fourth-order valence-electron chi connectivity index (χ4n) is 1.99. The molecule has 3 heterocycles. The lowest BCUT2D eigenvalue weighted by Gasteiger charge is -2.01. The van der Waals surface area contributed by atoms with Crippen molar-refractivity contribution in [1.82, 2.24) is 19.9 Å². The van der Waals surface area contributed by atoms with Crippen LogP contribution in [0.1, 0.15) is 5.69 Å². The predicted octanol–water partition coefficient (Wildman–Crippen LogP) is 2.56. The maximum absolute atomic E-state index is 5.99. The van der Waals surface area contributed by atoms with Crippen molar-refractivity contribution in [3.8, 4) is 11.3 Å². The molecule has 0 fully saturated rings. The maximum atomic E-state index is 5.99. The number of aryl methyl sites for hydroxylation is 1. The molecule has 5 nitrogen and oxygen atoms in total. The number of hydrogen-bond acceptors (Lipinski definition) is 4. The number of halogens is 1. The smallest absolute Gasteiger partial charge is 0.220 e. The van der Waals surface area contributed by atoms with Crippen LogP contribution in [0, 0.1) is 6.92 Å². The molecule has 0 aliphatic rings. The van der Waals surface area contributed by atoms with E-state index in [0.717, 1.165) is 27.9 Å². The number of nitrogens with zero attached hydrogens (tertiary/aromatic N) is 3. The van der Waals surface area contributed by atoms with Crippen molar-refractivity contribution in [3.05, 3.63) is 35.4 Å². The predicted molar refractivity (Wildman–Crippen MR) is 71.3 cm³/mol. The molecular weight excluding hydrogens is 250 g/mol. The quantitative estimate of drug-likeness (QED) is 0.658. The third kappa shape index (κ3) is 1.69. The highest BCUT2D eigenvalue weighted by Gasteiger charge is 2.11. The van der Waals surface area contributed by atoms with Crippen LogP contribution in [-0.4, -0.2) is 19.9 Å². The Labute approximate surface area is 108 Å². The van der Waals surface area contributed by atoms with E-state index >= 15 is 0 Å². The number of pyridine rings is 1. The Morgan fingerprint density at radius 2 is 2.17 bits per heavy atom. The molecule has 3 aromatic rings. The number of rotatable bonds is 1. The molecule has 0 bridgehead atoms. The highest BCUT2D eigenvalue weighted by molar-refractivity contribution is 6.30. The van der Waals surface area contributed by atoms with E-state index in [1.807, 2.05) is 25.3 Å². The van der Waals surface area contributed by atoms with Crippen molar-refractivity contribution in [2.75, 3.05) is 5.73 Å². The number of aromatic amines is 1. The van der Waals surface area contributed by atoms with Gasteiger partial charge in [0.2, 0.25) is 5.95 Å². The van der Waals surface area contributed by atoms with Crippen LogP contribution in [-0.2, 0) is 0 Å². The van der Waals surface area contributed by atoms with Gasteiger partial charge in [-0.2, -0.15) is 0 Å². The minimum atomic E-state index is 0.249. The molecule has 0 radical (unpaired) electrons. The second kappa shape index (κ2) is 3.96. The van der Waals surface area contributed by atoms with Crippen molar-refractivity contribution >= 4 is 28.5 Å². The topological polar surface area (TPSA) is 80.5 Å². The van der Waals surface area contributed by atoms with Gasteiger partial charge in [-0.05, 0) is 19.1 Å². The normalized spacial score (nSPS) is 11.0. The number of nitrogen functional groups attached to an aromatic ring is 1. The van der Waals surface area contributed by atoms with Crippen LogP contribution in [0.4, 0.5) is 5.95 Å². The molecule has 0 amide bonds. The first-order valence-electron chi connectivity index (χ1n) is 5.38. The van der Waals surface area contributed by atoms with Crippen molar-refractivity contribution in [2.24, 2.45) is 0 Å². The molecule has 3 N–H and O–H groups in total. The first-order valence-corrected chi connectivity index (χ1v) is 5.76. The Kier molecular flexibility index (Phi) is 2.41. The largest absolute Gasteiger partial charge is 0.368 e. The summed E-state index contributed by atoms with van der Waals surface area (Å²) in [6, 6.07) is 3.62. The summed E-state index contributed by atoms with van der Waals surface area (Å²) in [5, 5.41) is 1.44. The molecule has 6 heteroatoms. The highest BCUT2D eigenvalue weighted by atomic mass is 35.5. The Balaban J connectivity index is 2.30. The molecule has 3 rings (SSSR count). The Morgan fingerprint density at radius 3 is 2.94 bits per heavy atom. The Bertz CT molecular complexity index is 734. The number of nitrogens with two attached hydrogens (primary N) is 1. The van der Waals surface area contributed by atoms with Crippen LogP contribution >= 0.6 is 11.6 Å². The van der Waals surface area contributed by atoms with Gasteiger partial charge in [0, 0.05) is 23.3 Å². The van der Waals surface area contributed by atoms with Crippen LogP contribution in [0.2, 0.25) is 5.15 Å². The van der Waals surface area contributed by atoms with E-state index in [2.05, 4.69) is 19.9 Å². The summed E-state index contributed by atoms with van der Waals surface area (Å²) in [6.07, 6.45) is 3.50. The zero-order valence-electron chi connectivity index (χ0n) is 9.61. The molecule has 18 heavy (non-hydrogen) atoms. The monoisotopic (exact) mass is 259 g/mol. The first kappa shape index (κ1) is 11.0. The lowest BCUT2D eigenvalue weighted by molar-refractivity contribution is 1.19. The molecule has 0 spiro atoms. The zero-order valence-corrected chi connectivity index (χ0v) is 10.4. The van der Waals surface area contributed by atoms with E-state index < -0.39 is 0 Å². The number of H-pyrrole nitrogens is 1. The number of fused-ring (bicyclic) bond motifs is 1. The molecule has 0 saturated heterocycles. The summed E-state index contributed by atoms with van der Waals surface area (Å²) >= 11 is 5.99. The summed E-state index contributed by atoms with van der Waals surface area (Å²) in [6.45, 7) is 1.91. The fraction of sp³-hybridized carbons (Fsp3) is 0.0833. The average Bonchev–Trinajstić information content (AvgIpc) is 2.72. The third-order valence-corrected chi connectivity index (χ3v) is 2.96. The molecule has 0 aliphatic heterocycles. The van der Waals surface area contributed by atoms with E-state index in [9.17, 15) is 0 Å². The number of nitrogens with one attached hydrogen (secondary N) is 1. The summed E-state index contributed by atoms with van der Waals surface area (Å²) in [5.74, 6) is 0.249. The van der Waals surface area contributed by atoms with Crippen LogP contribution in [0.25, 0.3) is 22.2 Å². The minimum Gasteiger partial charge on any atom is -0.368 e. The maximum Gasteiger partial charge on any atom is 0.220 e. The van der Waals surface area contributed by atoms with Gasteiger partial charge in [0.1, 0.15) is 5.15 Å². The van der Waals surface area contributed by atoms with Crippen molar-refractivity contribution in [2.45, 2.75) is 6.92 Å². The van der Waals surface area contributed by atoms with E-state index in [1.165, 1.54) is 0 Å². The molecule has 3 aromatic heterocycles. The highest BCUT2D eigenvalue weighted by Crippen LogP contribution is 2.30. The molecule has 0 atom stereocenters. The van der Waals surface area contributed by atoms with Gasteiger partial charge in [0.25, 0.3) is 0 Å². The molecule has 0 saturated carbocycles. The molecule has 90 valence electrons. The standard InChI is InChI=1S/C12H10ClN5/c1-6-11-7(4-10(13)17-6)8(5-16-11)9-2-3-15-12(14)18-9/h2-5,16H,1H3,(H2,14,15,18). The van der Waals surface area contributed by atoms with Gasteiger partial charge in [0.05, 0.1) is 16.9 Å². The third-order valence-electron chi connectivity index (χ3n) is 2.77. The van der Waals surface area contributed by atoms with Gasteiger partial charge in [-0.1, -0.05) is 11.6 Å². The molecule has 0 unspecified atom stereocenters. The summed E-state index contributed by atoms with van der Waals surface area (Å²) < 4.78 is 0. The van der Waals surface area contributed by atoms with E-state index in [1.54, 1.807) is 6.20 Å². The number of hydrogen-bond donors (Lipinski definition) is 2. The van der Waals surface area contributed by atoms with Gasteiger partial charge in [0.15, 0.2) is 0 Å². The van der Waals surface area contributed by atoms with E-state index in [0.29, 0.717) is 5.15 Å². The first-order chi connectivity index (χ1) is 8.65. The van der Waals surface area contributed by atoms with Crippen molar-refractivity contribution in [1.29, 1.82) is 0 Å². The molecular formula is C12H10ClN5. The fourth-order valence-corrected chi connectivity index (χ4v) is 2.22. The Hall–Kier alpha value is -2.14. The van der Waals surface area contributed by atoms with Crippen LogP contribution in [0.15, 0.2) is 24.5 Å². The summed E-state index contributed by atoms with van der Waals surface area (Å²) in [5.41, 5.74) is 9.10. The SMILES string of the molecule is Cc1nc(Cl)cc2c(-c3ccnc(N)n3)c[nH]c12. The second-order valence-electron chi connectivity index (χ2n) is 3.96. The lowest BCUT2D eigenvalue weighted by Crippen LogP contribution is -1.94. The van der Waals surface area contributed by atoms with Gasteiger partial charge < -0.3 is 10.7 Å². The summed E-state index contributed by atoms with van der Waals surface area (Å²) in [4.78, 5) is 15.5. The molecule has 0 aromatic carbocycles. The van der Waals surface area contributed by atoms with Gasteiger partial charge in [-0.3, -0.25) is 0 Å². The lowest BCUT2D eigenvalue weighted by atomic mass is 10.1. The molecule has 0 aliphatic carbocycles. The summed E-state index contributed by atoms with van der Waals surface area (Å²) in [7, 11) is 0. The van der Waals surface area contributed by atoms with Crippen molar-refractivity contribution < 1.29 is 0 Å². The van der Waals surface area contributed by atoms with Gasteiger partial charge >= 0.3 is 0 Å². The Morgan fingerprint density at radius 1 is 1.33 bits per heavy atom. The van der Waals surface area contributed by atoms with Crippen LogP contribution < -0.4 is 5.73 Å². The van der Waals surface area contributed by atoms with E-state index in [4.69, 9.17) is 17.3 Å². The van der Waals surface area contributed by atoms with Crippen LogP contribution in [0.3, 0.4) is 0 Å². The van der Waals surface area contributed by atoms with E-state index in [-0.39, 0.29) is 5.95 Å². The van der Waals surface area contributed by atoms with Crippen LogP contribution in [0.5, 0.6) is 0 Å². The van der Waals surface area contributed by atoms with Gasteiger partial charge in [-0.15, -0.1) is 0 Å². The second-order valence-corrected chi connectivity index (χ2v) is 4.34. The number of aromatic nitrogens is 4. The zero-order chi connectivity index (χ0) is 12.7. The minimum absolute atomic E-state index is 0.249. The van der Waals surface area contributed by atoms with Crippen molar-refractivity contribution in [3.63, 3.8) is 0 Å². The average molecular weight is 260 g/mol.